The molecule has 0 atom stereocenters. The molecule has 194 valence electrons. The van der Waals surface area contributed by atoms with E-state index in [2.05, 4.69) is 21.9 Å². The molecule has 0 bridgehead atoms. The van der Waals surface area contributed by atoms with Gasteiger partial charge in [0.05, 0.1) is 32.1 Å². The summed E-state index contributed by atoms with van der Waals surface area (Å²) < 4.78 is 17.4. The van der Waals surface area contributed by atoms with Crippen LogP contribution in [-0.2, 0) is 11.3 Å². The Hall–Kier alpha value is -4.47. The van der Waals surface area contributed by atoms with Gasteiger partial charge in [-0.25, -0.2) is 9.48 Å². The van der Waals surface area contributed by atoms with Gasteiger partial charge in [0.25, 0.3) is 5.91 Å². The third-order valence-corrected chi connectivity index (χ3v) is 5.99. The van der Waals surface area contributed by atoms with E-state index in [-0.39, 0.29) is 19.1 Å². The molecule has 1 aliphatic heterocycles. The molecule has 4 rings (SSSR count). The lowest BCUT2D eigenvalue weighted by Gasteiger charge is -2.36. The van der Waals surface area contributed by atoms with E-state index in [1.165, 1.54) is 6.08 Å². The molecular weight excluding hydrogens is 474 g/mol. The fraction of sp³-hybridized carbons (Fsp3) is 0.296. The van der Waals surface area contributed by atoms with Crippen molar-refractivity contribution in [2.45, 2.75) is 6.54 Å². The van der Waals surface area contributed by atoms with E-state index in [1.54, 1.807) is 25.0 Å². The maximum atomic E-state index is 13.6. The first kappa shape index (κ1) is 25.6. The van der Waals surface area contributed by atoms with E-state index in [1.807, 2.05) is 53.4 Å². The second-order valence-corrected chi connectivity index (χ2v) is 8.36. The number of carbonyl (C=O) groups is 2. The fourth-order valence-electron chi connectivity index (χ4n) is 4.09. The Labute approximate surface area is 216 Å². The summed E-state index contributed by atoms with van der Waals surface area (Å²) in [5.74, 6) is 1.31. The van der Waals surface area contributed by atoms with Crippen molar-refractivity contribution in [3.05, 3.63) is 78.6 Å². The zero-order chi connectivity index (χ0) is 26.2. The molecule has 0 radical (unpaired) electrons. The summed E-state index contributed by atoms with van der Waals surface area (Å²) in [4.78, 5) is 29.5. The number of carbonyl (C=O) groups excluding carboxylic acids is 2. The van der Waals surface area contributed by atoms with Crippen molar-refractivity contribution in [1.82, 2.24) is 20.0 Å². The number of hydrogen-bond donors (Lipinski definition) is 1. The standard InChI is InChI=1S/C27H31N5O5/c1-4-14-37-27(34)28-19-20-15-25(32(29-20)21-8-6-5-7-9-21)26(33)31-12-10-30(11-13-31)22-16-23(35-2)18-24(17-22)36-3/h4-9,15-18H,1,10-14,19H2,2-3H3,(H,28,34). The van der Waals surface area contributed by atoms with Crippen LogP contribution in [0.3, 0.4) is 0 Å². The van der Waals surface area contributed by atoms with Crippen molar-refractivity contribution < 1.29 is 23.8 Å². The molecule has 1 fully saturated rings. The number of methoxy groups -OCH3 is 2. The number of piperazine rings is 1. The van der Waals surface area contributed by atoms with E-state index < -0.39 is 6.09 Å². The van der Waals surface area contributed by atoms with E-state index in [9.17, 15) is 9.59 Å². The van der Waals surface area contributed by atoms with E-state index in [4.69, 9.17) is 14.2 Å². The highest BCUT2D eigenvalue weighted by Crippen LogP contribution is 2.29. The Morgan fingerprint density at radius 2 is 1.65 bits per heavy atom. The van der Waals surface area contributed by atoms with Gasteiger partial charge in [0.1, 0.15) is 23.8 Å². The topological polar surface area (TPSA) is 98.2 Å². The van der Waals surface area contributed by atoms with Crippen molar-refractivity contribution >= 4 is 17.7 Å². The minimum absolute atomic E-state index is 0.114. The Morgan fingerprint density at radius 3 is 2.27 bits per heavy atom. The summed E-state index contributed by atoms with van der Waals surface area (Å²) in [7, 11) is 3.25. The Balaban J connectivity index is 1.49. The maximum Gasteiger partial charge on any atom is 0.407 e. The minimum atomic E-state index is -0.577. The molecule has 3 aromatic rings. The number of ether oxygens (including phenoxy) is 3. The van der Waals surface area contributed by atoms with Gasteiger partial charge in [-0.05, 0) is 18.2 Å². The number of rotatable bonds is 9. The molecule has 2 aromatic carbocycles. The fourth-order valence-corrected chi connectivity index (χ4v) is 4.09. The highest BCUT2D eigenvalue weighted by Gasteiger charge is 2.26. The van der Waals surface area contributed by atoms with Crippen LogP contribution in [0.5, 0.6) is 11.5 Å². The molecule has 2 heterocycles. The van der Waals surface area contributed by atoms with Gasteiger partial charge in [-0.15, -0.1) is 0 Å². The molecule has 37 heavy (non-hydrogen) atoms. The second-order valence-electron chi connectivity index (χ2n) is 8.36. The van der Waals surface area contributed by atoms with Gasteiger partial charge in [-0.1, -0.05) is 30.9 Å². The highest BCUT2D eigenvalue weighted by molar-refractivity contribution is 5.93. The van der Waals surface area contributed by atoms with E-state index in [0.717, 1.165) is 11.4 Å². The number of amides is 2. The van der Waals surface area contributed by atoms with E-state index in [0.29, 0.717) is 49.1 Å². The first-order chi connectivity index (χ1) is 18.0. The summed E-state index contributed by atoms with van der Waals surface area (Å²) in [5.41, 5.74) is 2.71. The number of nitrogens with one attached hydrogen (secondary N) is 1. The number of nitrogens with zero attached hydrogens (tertiary/aromatic N) is 4. The monoisotopic (exact) mass is 505 g/mol. The third kappa shape index (κ3) is 6.21. The van der Waals surface area contributed by atoms with Crippen LogP contribution in [0.2, 0.25) is 0 Å². The number of alkyl carbamates (subject to hydrolysis) is 1. The summed E-state index contributed by atoms with van der Waals surface area (Å²) in [6.45, 7) is 6.16. The molecule has 1 aromatic heterocycles. The maximum absolute atomic E-state index is 13.6. The Morgan fingerprint density at radius 1 is 0.973 bits per heavy atom. The van der Waals surface area contributed by atoms with Crippen molar-refractivity contribution in [2.24, 2.45) is 0 Å². The van der Waals surface area contributed by atoms with Crippen LogP contribution in [0.25, 0.3) is 5.69 Å². The van der Waals surface area contributed by atoms with Crippen LogP contribution >= 0.6 is 0 Å². The lowest BCUT2D eigenvalue weighted by molar-refractivity contribution is 0.0737. The van der Waals surface area contributed by atoms with Gasteiger partial charge >= 0.3 is 6.09 Å². The molecule has 1 aliphatic rings. The molecular formula is C27H31N5O5. The molecule has 10 nitrogen and oxygen atoms in total. The van der Waals surface area contributed by atoms with Crippen molar-refractivity contribution in [3.63, 3.8) is 0 Å². The zero-order valence-corrected chi connectivity index (χ0v) is 21.1. The summed E-state index contributed by atoms with van der Waals surface area (Å²) in [5, 5.41) is 7.24. The van der Waals surface area contributed by atoms with Gasteiger partial charge < -0.3 is 29.3 Å². The molecule has 1 N–H and O–H groups in total. The highest BCUT2D eigenvalue weighted by atomic mass is 16.5. The lowest BCUT2D eigenvalue weighted by atomic mass is 10.2. The predicted molar refractivity (Wildman–Crippen MR) is 140 cm³/mol. The van der Waals surface area contributed by atoms with Crippen LogP contribution in [0.4, 0.5) is 10.5 Å². The first-order valence-electron chi connectivity index (χ1n) is 12.0. The number of aromatic nitrogens is 2. The van der Waals surface area contributed by atoms with Crippen LogP contribution in [0, 0.1) is 0 Å². The SMILES string of the molecule is C=CCOC(=O)NCc1cc(C(=O)N2CCN(c3cc(OC)cc(OC)c3)CC2)n(-c2ccccc2)n1. The normalized spacial score (nSPS) is 13.1. The van der Waals surface area contributed by atoms with Crippen molar-refractivity contribution in [1.29, 1.82) is 0 Å². The summed E-state index contributed by atoms with van der Waals surface area (Å²) in [6.07, 6.45) is 0.915. The van der Waals surface area contributed by atoms with Gasteiger partial charge in [0.2, 0.25) is 0 Å². The van der Waals surface area contributed by atoms with Crippen LogP contribution in [0.1, 0.15) is 16.2 Å². The largest absolute Gasteiger partial charge is 0.497 e. The first-order valence-corrected chi connectivity index (χ1v) is 12.0. The van der Waals surface area contributed by atoms with Gasteiger partial charge in [-0.2, -0.15) is 5.10 Å². The van der Waals surface area contributed by atoms with E-state index >= 15 is 0 Å². The molecule has 10 heteroatoms. The molecule has 2 amide bonds. The minimum Gasteiger partial charge on any atom is -0.497 e. The Bertz CT molecular complexity index is 1210. The van der Waals surface area contributed by atoms with Crippen molar-refractivity contribution in [2.75, 3.05) is 51.9 Å². The predicted octanol–water partition coefficient (Wildman–Crippen LogP) is 3.26. The smallest absolute Gasteiger partial charge is 0.407 e. The van der Waals surface area contributed by atoms with Crippen LogP contribution in [-0.4, -0.2) is 73.7 Å². The van der Waals surface area contributed by atoms with Gasteiger partial charge in [0.15, 0.2) is 0 Å². The third-order valence-electron chi connectivity index (χ3n) is 5.99. The molecule has 0 unspecified atom stereocenters. The van der Waals surface area contributed by atoms with Crippen molar-refractivity contribution in [3.8, 4) is 17.2 Å². The molecule has 0 aliphatic carbocycles. The lowest BCUT2D eigenvalue weighted by Crippen LogP contribution is -2.49. The van der Waals surface area contributed by atoms with Crippen LogP contribution in [0.15, 0.2) is 67.3 Å². The van der Waals surface area contributed by atoms with Gasteiger partial charge in [-0.3, -0.25) is 4.79 Å². The average Bonchev–Trinajstić information content (AvgIpc) is 3.39. The second kappa shape index (κ2) is 12.0. The molecule has 0 spiro atoms. The molecule has 0 saturated carbocycles. The van der Waals surface area contributed by atoms with Crippen LogP contribution < -0.4 is 19.7 Å². The summed E-state index contributed by atoms with van der Waals surface area (Å²) in [6, 6.07) is 16.9. The number of para-hydroxylation sites is 1. The van der Waals surface area contributed by atoms with Gasteiger partial charge in [0, 0.05) is 50.1 Å². The number of anilines is 1. The zero-order valence-electron chi connectivity index (χ0n) is 21.1. The number of hydrogen-bond acceptors (Lipinski definition) is 7. The molecule has 1 saturated heterocycles. The quantitative estimate of drug-likeness (QED) is 0.446. The summed E-state index contributed by atoms with van der Waals surface area (Å²) >= 11 is 0. The number of benzene rings is 2. The Kier molecular flexibility index (Phi) is 8.29. The average molecular weight is 506 g/mol.